The van der Waals surface area contributed by atoms with Crippen LogP contribution in [0.25, 0.3) is 11.1 Å². The second-order valence-electron chi connectivity index (χ2n) is 6.34. The third-order valence-electron chi connectivity index (χ3n) is 4.49. The van der Waals surface area contributed by atoms with Crippen LogP contribution in [0.5, 0.6) is 0 Å². The molecule has 1 atom stereocenters. The number of hydrogen-bond donors (Lipinski definition) is 1. The second kappa shape index (κ2) is 7.24. The van der Waals surface area contributed by atoms with E-state index in [1.807, 2.05) is 48.5 Å². The first kappa shape index (κ1) is 16.8. The molecule has 1 amide bonds. The van der Waals surface area contributed by atoms with Gasteiger partial charge < -0.3 is 10.0 Å². The highest BCUT2D eigenvalue weighted by Crippen LogP contribution is 2.33. The molecular formula is C19H21ClN2O2. The zero-order chi connectivity index (χ0) is 17.1. The van der Waals surface area contributed by atoms with Gasteiger partial charge in [0.05, 0.1) is 5.69 Å². The summed E-state index contributed by atoms with van der Waals surface area (Å²) in [7, 11) is 2.07. The van der Waals surface area contributed by atoms with Gasteiger partial charge in [0.15, 0.2) is 0 Å². The van der Waals surface area contributed by atoms with Gasteiger partial charge in [0.2, 0.25) is 0 Å². The highest BCUT2D eigenvalue weighted by molar-refractivity contribution is 6.30. The van der Waals surface area contributed by atoms with E-state index in [4.69, 9.17) is 11.6 Å². The van der Waals surface area contributed by atoms with E-state index < -0.39 is 6.09 Å². The molecule has 0 radical (unpaired) electrons. The van der Waals surface area contributed by atoms with E-state index in [9.17, 15) is 9.90 Å². The maximum absolute atomic E-state index is 11.9. The SMILES string of the molecule is CN1CC[C@@H](CN(C(=O)O)c2ccccc2-c2cccc(Cl)c2)C1. The molecule has 0 bridgehead atoms. The van der Waals surface area contributed by atoms with E-state index in [0.29, 0.717) is 23.2 Å². The topological polar surface area (TPSA) is 43.8 Å². The van der Waals surface area contributed by atoms with E-state index in [0.717, 1.165) is 30.6 Å². The number of para-hydroxylation sites is 1. The Morgan fingerprint density at radius 1 is 1.29 bits per heavy atom. The Bertz CT molecular complexity index is 735. The van der Waals surface area contributed by atoms with Crippen molar-refractivity contribution < 1.29 is 9.90 Å². The lowest BCUT2D eigenvalue weighted by molar-refractivity contribution is 0.200. The number of benzene rings is 2. The lowest BCUT2D eigenvalue weighted by atomic mass is 10.0. The maximum atomic E-state index is 11.9. The highest BCUT2D eigenvalue weighted by atomic mass is 35.5. The summed E-state index contributed by atoms with van der Waals surface area (Å²) in [5, 5.41) is 10.4. The first-order valence-corrected chi connectivity index (χ1v) is 8.46. The Labute approximate surface area is 147 Å². The van der Waals surface area contributed by atoms with Gasteiger partial charge >= 0.3 is 6.09 Å². The molecule has 0 aliphatic carbocycles. The summed E-state index contributed by atoms with van der Waals surface area (Å²) in [6.45, 7) is 2.47. The fourth-order valence-electron chi connectivity index (χ4n) is 3.32. The molecule has 0 aromatic heterocycles. The normalized spacial score (nSPS) is 17.8. The summed E-state index contributed by atoms with van der Waals surface area (Å²) >= 11 is 6.11. The van der Waals surface area contributed by atoms with E-state index in [-0.39, 0.29) is 0 Å². The molecule has 2 aromatic carbocycles. The molecular weight excluding hydrogens is 324 g/mol. The largest absolute Gasteiger partial charge is 0.465 e. The number of anilines is 1. The van der Waals surface area contributed by atoms with Crippen LogP contribution in [0.15, 0.2) is 48.5 Å². The molecule has 1 heterocycles. The van der Waals surface area contributed by atoms with Crippen LogP contribution < -0.4 is 4.90 Å². The summed E-state index contributed by atoms with van der Waals surface area (Å²) in [4.78, 5) is 15.6. The molecule has 0 unspecified atom stereocenters. The summed E-state index contributed by atoms with van der Waals surface area (Å²) in [6, 6.07) is 15.1. The zero-order valence-corrected chi connectivity index (χ0v) is 14.4. The smallest absolute Gasteiger partial charge is 0.411 e. The van der Waals surface area contributed by atoms with Gasteiger partial charge in [-0.2, -0.15) is 0 Å². The van der Waals surface area contributed by atoms with Gasteiger partial charge in [-0.3, -0.25) is 4.90 Å². The zero-order valence-electron chi connectivity index (χ0n) is 13.7. The predicted molar refractivity (Wildman–Crippen MR) is 97.9 cm³/mol. The van der Waals surface area contributed by atoms with Crippen LogP contribution in [-0.2, 0) is 0 Å². The van der Waals surface area contributed by atoms with E-state index in [2.05, 4.69) is 11.9 Å². The third-order valence-corrected chi connectivity index (χ3v) is 4.73. The van der Waals surface area contributed by atoms with Crippen molar-refractivity contribution in [3.8, 4) is 11.1 Å². The minimum absolute atomic E-state index is 0.360. The number of carboxylic acid groups (broad SMARTS) is 1. The summed E-state index contributed by atoms with van der Waals surface area (Å²) in [6.07, 6.45) is 0.110. The van der Waals surface area contributed by atoms with Crippen LogP contribution in [0.3, 0.4) is 0 Å². The molecule has 2 aromatic rings. The van der Waals surface area contributed by atoms with Gasteiger partial charge in [-0.05, 0) is 49.7 Å². The van der Waals surface area contributed by atoms with E-state index >= 15 is 0 Å². The predicted octanol–water partition coefficient (Wildman–Crippen LogP) is 4.44. The minimum Gasteiger partial charge on any atom is -0.465 e. The molecule has 4 nitrogen and oxygen atoms in total. The van der Waals surface area contributed by atoms with Gasteiger partial charge in [0.25, 0.3) is 0 Å². The number of likely N-dealkylation sites (tertiary alicyclic amines) is 1. The van der Waals surface area contributed by atoms with Crippen molar-refractivity contribution >= 4 is 23.4 Å². The maximum Gasteiger partial charge on any atom is 0.411 e. The number of nitrogens with zero attached hydrogens (tertiary/aromatic N) is 2. The first-order valence-electron chi connectivity index (χ1n) is 8.08. The molecule has 1 fully saturated rings. The molecule has 0 spiro atoms. The molecule has 24 heavy (non-hydrogen) atoms. The van der Waals surface area contributed by atoms with Crippen LogP contribution in [-0.4, -0.2) is 42.8 Å². The number of amides is 1. The highest BCUT2D eigenvalue weighted by Gasteiger charge is 2.26. The van der Waals surface area contributed by atoms with Gasteiger partial charge in [-0.1, -0.05) is 41.9 Å². The standard InChI is InChI=1S/C19H21ClN2O2/c1-21-10-9-14(12-21)13-22(19(23)24)18-8-3-2-7-17(18)15-5-4-6-16(20)11-15/h2-8,11,14H,9-10,12-13H2,1H3,(H,23,24)/t14-/m1/s1. The molecule has 5 heteroatoms. The van der Waals surface area contributed by atoms with Crippen LogP contribution >= 0.6 is 11.6 Å². The Balaban J connectivity index is 1.95. The summed E-state index contributed by atoms with van der Waals surface area (Å²) in [5.74, 6) is 0.360. The average Bonchev–Trinajstić information content (AvgIpc) is 2.97. The Hall–Kier alpha value is -2.04. The number of hydrogen-bond acceptors (Lipinski definition) is 2. The molecule has 126 valence electrons. The summed E-state index contributed by atoms with van der Waals surface area (Å²) in [5.41, 5.74) is 2.52. The Morgan fingerprint density at radius 3 is 2.75 bits per heavy atom. The fraction of sp³-hybridized carbons (Fsp3) is 0.316. The minimum atomic E-state index is -0.918. The van der Waals surface area contributed by atoms with E-state index in [1.54, 1.807) is 0 Å². The van der Waals surface area contributed by atoms with E-state index in [1.165, 1.54) is 4.90 Å². The van der Waals surface area contributed by atoms with Crippen molar-refractivity contribution in [3.63, 3.8) is 0 Å². The van der Waals surface area contributed by atoms with Crippen LogP contribution in [0.4, 0.5) is 10.5 Å². The van der Waals surface area contributed by atoms with Gasteiger partial charge in [-0.15, -0.1) is 0 Å². The van der Waals surface area contributed by atoms with Gasteiger partial charge in [0, 0.05) is 23.7 Å². The summed E-state index contributed by atoms with van der Waals surface area (Å²) < 4.78 is 0. The van der Waals surface area contributed by atoms with Gasteiger partial charge in [0.1, 0.15) is 0 Å². The van der Waals surface area contributed by atoms with Crippen LogP contribution in [0.2, 0.25) is 5.02 Å². The molecule has 1 aliphatic rings. The number of halogens is 1. The van der Waals surface area contributed by atoms with Crippen molar-refractivity contribution in [3.05, 3.63) is 53.6 Å². The second-order valence-corrected chi connectivity index (χ2v) is 6.77. The first-order chi connectivity index (χ1) is 11.5. The van der Waals surface area contributed by atoms with Crippen molar-refractivity contribution in [1.82, 2.24) is 4.90 Å². The van der Waals surface area contributed by atoms with Crippen molar-refractivity contribution in [1.29, 1.82) is 0 Å². The Morgan fingerprint density at radius 2 is 2.08 bits per heavy atom. The van der Waals surface area contributed by atoms with Crippen molar-refractivity contribution in [2.45, 2.75) is 6.42 Å². The quantitative estimate of drug-likeness (QED) is 0.891. The van der Waals surface area contributed by atoms with Gasteiger partial charge in [-0.25, -0.2) is 4.79 Å². The Kier molecular flexibility index (Phi) is 5.07. The molecule has 1 aliphatic heterocycles. The third kappa shape index (κ3) is 3.71. The molecule has 1 saturated heterocycles. The molecule has 3 rings (SSSR count). The molecule has 0 saturated carbocycles. The van der Waals surface area contributed by atoms with Crippen LogP contribution in [0, 0.1) is 5.92 Å². The number of rotatable bonds is 4. The fourth-order valence-corrected chi connectivity index (χ4v) is 3.51. The lowest BCUT2D eigenvalue weighted by Gasteiger charge is -2.25. The van der Waals surface area contributed by atoms with Crippen molar-refractivity contribution in [2.75, 3.05) is 31.6 Å². The average molecular weight is 345 g/mol. The number of carbonyl (C=O) groups is 1. The monoisotopic (exact) mass is 344 g/mol. The van der Waals surface area contributed by atoms with Crippen LogP contribution in [0.1, 0.15) is 6.42 Å². The van der Waals surface area contributed by atoms with Crippen molar-refractivity contribution in [2.24, 2.45) is 5.92 Å². The lowest BCUT2D eigenvalue weighted by Crippen LogP contribution is -2.35. The molecule has 1 N–H and O–H groups in total.